The summed E-state index contributed by atoms with van der Waals surface area (Å²) < 4.78 is 0. The molecular weight excluding hydrogens is 234 g/mol. The molecule has 2 aromatic heterocycles. The van der Waals surface area contributed by atoms with Gasteiger partial charge >= 0.3 is 0 Å². The molecule has 88 valence electrons. The zero-order chi connectivity index (χ0) is 12.3. The fourth-order valence-corrected chi connectivity index (χ4v) is 2.38. The molecule has 0 aliphatic carbocycles. The van der Waals surface area contributed by atoms with Crippen molar-refractivity contribution < 1.29 is 4.79 Å². The van der Waals surface area contributed by atoms with Crippen molar-refractivity contribution in [3.05, 3.63) is 40.7 Å². The Balaban J connectivity index is 2.13. The van der Waals surface area contributed by atoms with E-state index in [4.69, 9.17) is 0 Å². The molecule has 0 unspecified atom stereocenters. The zero-order valence-corrected chi connectivity index (χ0v) is 10.5. The Kier molecular flexibility index (Phi) is 3.49. The predicted octanol–water partition coefficient (Wildman–Crippen LogP) is 2.66. The van der Waals surface area contributed by atoms with Crippen LogP contribution in [0.15, 0.2) is 24.5 Å². The van der Waals surface area contributed by atoms with Crippen LogP contribution in [0.3, 0.4) is 0 Å². The van der Waals surface area contributed by atoms with E-state index in [9.17, 15) is 4.79 Å². The fraction of sp³-hybridized carbons (Fsp3) is 0.250. The molecule has 0 spiro atoms. The minimum atomic E-state index is -0.149. The second-order valence-corrected chi connectivity index (χ2v) is 4.65. The van der Waals surface area contributed by atoms with Crippen molar-refractivity contribution in [1.82, 2.24) is 9.97 Å². The second kappa shape index (κ2) is 5.05. The molecule has 2 heterocycles. The van der Waals surface area contributed by atoms with Gasteiger partial charge in [-0.1, -0.05) is 6.92 Å². The lowest BCUT2D eigenvalue weighted by Crippen LogP contribution is -2.11. The summed E-state index contributed by atoms with van der Waals surface area (Å²) in [5, 5.41) is 3.45. The van der Waals surface area contributed by atoms with Gasteiger partial charge in [0.1, 0.15) is 0 Å². The molecule has 0 aromatic carbocycles. The van der Waals surface area contributed by atoms with Crippen LogP contribution in [0.5, 0.6) is 0 Å². The van der Waals surface area contributed by atoms with Crippen LogP contribution in [0.2, 0.25) is 0 Å². The summed E-state index contributed by atoms with van der Waals surface area (Å²) >= 11 is 1.52. The third kappa shape index (κ3) is 2.68. The van der Waals surface area contributed by atoms with Gasteiger partial charge in [0.15, 0.2) is 5.13 Å². The summed E-state index contributed by atoms with van der Waals surface area (Å²) in [5.74, 6) is -0.149. The van der Waals surface area contributed by atoms with E-state index in [0.29, 0.717) is 10.7 Å². The highest BCUT2D eigenvalue weighted by atomic mass is 32.1. The average molecular weight is 247 g/mol. The first-order chi connectivity index (χ1) is 8.20. The quantitative estimate of drug-likeness (QED) is 0.907. The van der Waals surface area contributed by atoms with Crippen molar-refractivity contribution in [2.75, 3.05) is 5.32 Å². The van der Waals surface area contributed by atoms with Gasteiger partial charge in [-0.25, -0.2) is 4.98 Å². The van der Waals surface area contributed by atoms with Crippen molar-refractivity contribution >= 4 is 22.4 Å². The van der Waals surface area contributed by atoms with Crippen LogP contribution in [0.4, 0.5) is 5.13 Å². The molecule has 5 heteroatoms. The minimum Gasteiger partial charge on any atom is -0.298 e. The van der Waals surface area contributed by atoms with E-state index in [2.05, 4.69) is 22.2 Å². The lowest BCUT2D eigenvalue weighted by atomic mass is 10.2. The number of aryl methyl sites for hydroxylation is 2. The number of carbonyl (C=O) groups excluding carboxylic acids is 1. The number of rotatable bonds is 3. The normalized spacial score (nSPS) is 10.2. The van der Waals surface area contributed by atoms with Gasteiger partial charge in [0.25, 0.3) is 5.91 Å². The first kappa shape index (κ1) is 11.7. The van der Waals surface area contributed by atoms with Gasteiger partial charge in [-0.15, -0.1) is 11.3 Å². The standard InChI is InChI=1S/C12H13N3OS/c1-3-10-8(2)14-12(17-10)15-11(16)9-4-6-13-7-5-9/h4-7H,3H2,1-2H3,(H,14,15,16). The zero-order valence-electron chi connectivity index (χ0n) is 9.73. The fourth-order valence-electron chi connectivity index (χ4n) is 1.48. The van der Waals surface area contributed by atoms with Crippen molar-refractivity contribution in [1.29, 1.82) is 0 Å². The van der Waals surface area contributed by atoms with Crippen LogP contribution in [0, 0.1) is 6.92 Å². The Morgan fingerprint density at radius 1 is 1.41 bits per heavy atom. The smallest absolute Gasteiger partial charge is 0.257 e. The molecule has 0 saturated carbocycles. The maximum absolute atomic E-state index is 11.9. The molecule has 0 aliphatic rings. The number of nitrogens with one attached hydrogen (secondary N) is 1. The largest absolute Gasteiger partial charge is 0.298 e. The molecule has 2 aromatic rings. The molecule has 0 radical (unpaired) electrons. The summed E-state index contributed by atoms with van der Waals surface area (Å²) in [6, 6.07) is 3.35. The van der Waals surface area contributed by atoms with Crippen LogP contribution in [0.25, 0.3) is 0 Å². The Labute approximate surface area is 104 Å². The molecule has 17 heavy (non-hydrogen) atoms. The molecule has 0 bridgehead atoms. The van der Waals surface area contributed by atoms with Crippen molar-refractivity contribution in [3.8, 4) is 0 Å². The Morgan fingerprint density at radius 3 is 2.71 bits per heavy atom. The lowest BCUT2D eigenvalue weighted by Gasteiger charge is -2.00. The van der Waals surface area contributed by atoms with Crippen LogP contribution < -0.4 is 5.32 Å². The molecule has 4 nitrogen and oxygen atoms in total. The molecule has 0 atom stereocenters. The number of nitrogens with zero attached hydrogens (tertiary/aromatic N) is 2. The van der Waals surface area contributed by atoms with E-state index in [1.54, 1.807) is 24.5 Å². The van der Waals surface area contributed by atoms with E-state index in [1.165, 1.54) is 16.2 Å². The van der Waals surface area contributed by atoms with Crippen molar-refractivity contribution in [3.63, 3.8) is 0 Å². The van der Waals surface area contributed by atoms with Gasteiger partial charge < -0.3 is 0 Å². The minimum absolute atomic E-state index is 0.149. The summed E-state index contributed by atoms with van der Waals surface area (Å²) in [6.07, 6.45) is 4.13. The highest BCUT2D eigenvalue weighted by molar-refractivity contribution is 7.15. The van der Waals surface area contributed by atoms with E-state index in [0.717, 1.165) is 12.1 Å². The van der Waals surface area contributed by atoms with Gasteiger partial charge in [-0.3, -0.25) is 15.1 Å². The summed E-state index contributed by atoms with van der Waals surface area (Å²) in [5.41, 5.74) is 1.58. The molecule has 1 N–H and O–H groups in total. The Hall–Kier alpha value is -1.75. The molecule has 1 amide bonds. The number of aromatic nitrogens is 2. The number of anilines is 1. The number of hydrogen-bond acceptors (Lipinski definition) is 4. The van der Waals surface area contributed by atoms with E-state index < -0.39 is 0 Å². The maximum Gasteiger partial charge on any atom is 0.257 e. The van der Waals surface area contributed by atoms with Crippen LogP contribution in [-0.4, -0.2) is 15.9 Å². The lowest BCUT2D eigenvalue weighted by molar-refractivity contribution is 0.102. The van der Waals surface area contributed by atoms with Crippen LogP contribution >= 0.6 is 11.3 Å². The van der Waals surface area contributed by atoms with Crippen LogP contribution in [0.1, 0.15) is 27.9 Å². The number of thiazole rings is 1. The SMILES string of the molecule is CCc1sc(NC(=O)c2ccncc2)nc1C. The molecule has 0 saturated heterocycles. The van der Waals surface area contributed by atoms with E-state index in [-0.39, 0.29) is 5.91 Å². The van der Waals surface area contributed by atoms with Gasteiger partial charge in [0.05, 0.1) is 5.69 Å². The highest BCUT2D eigenvalue weighted by Crippen LogP contribution is 2.23. The molecule has 2 rings (SSSR count). The molecule has 0 fully saturated rings. The predicted molar refractivity (Wildman–Crippen MR) is 68.4 cm³/mol. The Morgan fingerprint density at radius 2 is 2.12 bits per heavy atom. The number of carbonyl (C=O) groups is 1. The monoisotopic (exact) mass is 247 g/mol. The Bertz CT molecular complexity index is 522. The number of pyridine rings is 1. The average Bonchev–Trinajstić information content (AvgIpc) is 2.70. The molecule has 0 aliphatic heterocycles. The van der Waals surface area contributed by atoms with Crippen molar-refractivity contribution in [2.45, 2.75) is 20.3 Å². The highest BCUT2D eigenvalue weighted by Gasteiger charge is 2.10. The van der Waals surface area contributed by atoms with Gasteiger partial charge in [-0.05, 0) is 25.5 Å². The number of hydrogen-bond donors (Lipinski definition) is 1. The van der Waals surface area contributed by atoms with E-state index >= 15 is 0 Å². The summed E-state index contributed by atoms with van der Waals surface area (Å²) in [7, 11) is 0. The van der Waals surface area contributed by atoms with Gasteiger partial charge in [0.2, 0.25) is 0 Å². The first-order valence-electron chi connectivity index (χ1n) is 5.38. The molecular formula is C12H13N3OS. The summed E-state index contributed by atoms with van der Waals surface area (Å²) in [4.78, 5) is 21.2. The van der Waals surface area contributed by atoms with Gasteiger partial charge in [0, 0.05) is 22.8 Å². The third-order valence-electron chi connectivity index (χ3n) is 2.38. The van der Waals surface area contributed by atoms with Crippen molar-refractivity contribution in [2.24, 2.45) is 0 Å². The van der Waals surface area contributed by atoms with E-state index in [1.807, 2.05) is 6.92 Å². The van der Waals surface area contributed by atoms with Crippen LogP contribution in [-0.2, 0) is 6.42 Å². The maximum atomic E-state index is 11.9. The van der Waals surface area contributed by atoms with Gasteiger partial charge in [-0.2, -0.15) is 0 Å². The third-order valence-corrected chi connectivity index (χ3v) is 3.59. The summed E-state index contributed by atoms with van der Waals surface area (Å²) in [6.45, 7) is 4.03. The first-order valence-corrected chi connectivity index (χ1v) is 6.20. The second-order valence-electron chi connectivity index (χ2n) is 3.57. The number of amides is 1. The topological polar surface area (TPSA) is 54.9 Å².